The maximum atomic E-state index is 12.8. The highest BCUT2D eigenvalue weighted by Gasteiger charge is 2.34. The first-order chi connectivity index (χ1) is 11.9. The average Bonchev–Trinajstić information content (AvgIpc) is 2.96. The number of aromatic nitrogens is 3. The molecule has 0 spiro atoms. The Hall–Kier alpha value is -2.70. The van der Waals surface area contributed by atoms with Gasteiger partial charge in [-0.2, -0.15) is 0 Å². The first kappa shape index (κ1) is 17.1. The zero-order valence-corrected chi connectivity index (χ0v) is 14.6. The van der Waals surface area contributed by atoms with E-state index >= 15 is 0 Å². The molecule has 1 aliphatic rings. The second kappa shape index (κ2) is 6.66. The van der Waals surface area contributed by atoms with Crippen molar-refractivity contribution in [2.75, 3.05) is 13.1 Å². The van der Waals surface area contributed by atoms with Crippen LogP contribution in [0.2, 0.25) is 0 Å². The van der Waals surface area contributed by atoms with Crippen molar-refractivity contribution in [1.29, 1.82) is 0 Å². The summed E-state index contributed by atoms with van der Waals surface area (Å²) in [5.41, 5.74) is 3.00. The minimum atomic E-state index is -0.791. The van der Waals surface area contributed by atoms with Gasteiger partial charge < -0.3 is 10.0 Å². The lowest BCUT2D eigenvalue weighted by molar-refractivity contribution is -0.145. The molecule has 0 radical (unpaired) electrons. The molecule has 1 fully saturated rings. The number of rotatable bonds is 3. The number of benzene rings is 1. The molecule has 2 heterocycles. The second-order valence-electron chi connectivity index (χ2n) is 6.73. The van der Waals surface area contributed by atoms with Gasteiger partial charge in [-0.3, -0.25) is 9.59 Å². The fourth-order valence-corrected chi connectivity index (χ4v) is 3.30. The second-order valence-corrected chi connectivity index (χ2v) is 6.73. The van der Waals surface area contributed by atoms with Gasteiger partial charge in [0.05, 0.1) is 17.3 Å². The quantitative estimate of drug-likeness (QED) is 0.922. The Bertz CT molecular complexity index is 797. The van der Waals surface area contributed by atoms with Crippen molar-refractivity contribution in [2.45, 2.75) is 27.2 Å². The molecule has 2 unspecified atom stereocenters. The van der Waals surface area contributed by atoms with Gasteiger partial charge in [0, 0.05) is 13.1 Å². The van der Waals surface area contributed by atoms with Crippen LogP contribution in [0.4, 0.5) is 0 Å². The van der Waals surface area contributed by atoms with E-state index in [4.69, 9.17) is 0 Å². The smallest absolute Gasteiger partial charge is 0.306 e. The number of amides is 1. The van der Waals surface area contributed by atoms with Gasteiger partial charge in [-0.05, 0) is 38.3 Å². The largest absolute Gasteiger partial charge is 0.481 e. The Labute approximate surface area is 146 Å². The Morgan fingerprint density at radius 3 is 2.48 bits per heavy atom. The normalized spacial score (nSPS) is 20.5. The molecule has 2 atom stereocenters. The fourth-order valence-electron chi connectivity index (χ4n) is 3.30. The van der Waals surface area contributed by atoms with E-state index in [9.17, 15) is 14.7 Å². The van der Waals surface area contributed by atoms with Crippen LogP contribution in [0.25, 0.3) is 5.69 Å². The first-order valence-corrected chi connectivity index (χ1v) is 8.40. The molecule has 25 heavy (non-hydrogen) atoms. The summed E-state index contributed by atoms with van der Waals surface area (Å²) in [6, 6.07) is 7.84. The van der Waals surface area contributed by atoms with Crippen LogP contribution in [0.5, 0.6) is 0 Å². The zero-order valence-electron chi connectivity index (χ0n) is 14.6. The third kappa shape index (κ3) is 3.26. The monoisotopic (exact) mass is 342 g/mol. The lowest BCUT2D eigenvalue weighted by atomic mass is 9.87. The van der Waals surface area contributed by atoms with Crippen LogP contribution in [0.3, 0.4) is 0 Å². The maximum Gasteiger partial charge on any atom is 0.306 e. The zero-order chi connectivity index (χ0) is 18.1. The lowest BCUT2D eigenvalue weighted by Gasteiger charge is -2.34. The van der Waals surface area contributed by atoms with Gasteiger partial charge in [-0.25, -0.2) is 4.68 Å². The van der Waals surface area contributed by atoms with Crippen LogP contribution in [0, 0.1) is 25.7 Å². The van der Waals surface area contributed by atoms with Gasteiger partial charge in [0.25, 0.3) is 5.91 Å². The summed E-state index contributed by atoms with van der Waals surface area (Å²) < 4.78 is 1.65. The number of piperidine rings is 1. The van der Waals surface area contributed by atoms with Crippen molar-refractivity contribution in [3.8, 4) is 5.69 Å². The molecule has 7 nitrogen and oxygen atoms in total. The summed E-state index contributed by atoms with van der Waals surface area (Å²) in [4.78, 5) is 25.7. The highest BCUT2D eigenvalue weighted by atomic mass is 16.4. The Morgan fingerprint density at radius 2 is 1.88 bits per heavy atom. The minimum Gasteiger partial charge on any atom is -0.481 e. The van der Waals surface area contributed by atoms with Gasteiger partial charge in [-0.15, -0.1) is 5.10 Å². The van der Waals surface area contributed by atoms with Crippen molar-refractivity contribution in [1.82, 2.24) is 19.9 Å². The van der Waals surface area contributed by atoms with Gasteiger partial charge in [-0.1, -0.05) is 29.8 Å². The van der Waals surface area contributed by atoms with Crippen molar-refractivity contribution < 1.29 is 14.7 Å². The lowest BCUT2D eigenvalue weighted by Crippen LogP contribution is -2.45. The van der Waals surface area contributed by atoms with Crippen LogP contribution >= 0.6 is 0 Å². The highest BCUT2D eigenvalue weighted by molar-refractivity contribution is 5.93. The van der Waals surface area contributed by atoms with E-state index in [1.54, 1.807) is 9.58 Å². The minimum absolute atomic E-state index is 0.0809. The van der Waals surface area contributed by atoms with Gasteiger partial charge >= 0.3 is 5.97 Å². The predicted molar refractivity (Wildman–Crippen MR) is 91.6 cm³/mol. The van der Waals surface area contributed by atoms with Gasteiger partial charge in [0.2, 0.25) is 0 Å². The fraction of sp³-hybridized carbons (Fsp3) is 0.444. The SMILES string of the molecule is Cc1ccc(-n2nnc(C(=O)N3CCC(C(=O)O)C(C)C3)c2C)cc1. The summed E-state index contributed by atoms with van der Waals surface area (Å²) in [6.07, 6.45) is 0.466. The van der Waals surface area contributed by atoms with Crippen LogP contribution in [-0.2, 0) is 4.79 Å². The number of carbonyl (C=O) groups excluding carboxylic acids is 1. The average molecular weight is 342 g/mol. The Balaban J connectivity index is 1.80. The molecule has 132 valence electrons. The number of carboxylic acids is 1. The number of likely N-dealkylation sites (tertiary alicyclic amines) is 1. The molecule has 1 N–H and O–H groups in total. The number of hydrogen-bond donors (Lipinski definition) is 1. The van der Waals surface area contributed by atoms with Gasteiger partial charge in [0.1, 0.15) is 0 Å². The summed E-state index contributed by atoms with van der Waals surface area (Å²) in [5, 5.41) is 17.4. The molecule has 1 aromatic heterocycles. The third-order valence-electron chi connectivity index (χ3n) is 4.89. The third-order valence-corrected chi connectivity index (χ3v) is 4.89. The number of aliphatic carboxylic acids is 1. The van der Waals surface area contributed by atoms with Crippen molar-refractivity contribution in [3.05, 3.63) is 41.2 Å². The summed E-state index contributed by atoms with van der Waals surface area (Å²) in [7, 11) is 0. The Morgan fingerprint density at radius 1 is 1.20 bits per heavy atom. The predicted octanol–water partition coefficient (Wildman–Crippen LogP) is 2.07. The van der Waals surface area contributed by atoms with E-state index in [-0.39, 0.29) is 11.8 Å². The molecular weight excluding hydrogens is 320 g/mol. The van der Waals surface area contributed by atoms with Crippen molar-refractivity contribution >= 4 is 11.9 Å². The van der Waals surface area contributed by atoms with E-state index in [1.165, 1.54) is 0 Å². The number of hydrogen-bond acceptors (Lipinski definition) is 4. The standard InChI is InChI=1S/C18H22N4O3/c1-11-4-6-14(7-5-11)22-13(3)16(19-20-22)17(23)21-9-8-15(18(24)25)12(2)10-21/h4-7,12,15H,8-10H2,1-3H3,(H,24,25). The number of nitrogens with zero attached hydrogens (tertiary/aromatic N) is 4. The molecule has 0 saturated carbocycles. The topological polar surface area (TPSA) is 88.3 Å². The Kier molecular flexibility index (Phi) is 4.57. The number of carbonyl (C=O) groups is 2. The molecular formula is C18H22N4O3. The summed E-state index contributed by atoms with van der Waals surface area (Å²) in [6.45, 7) is 6.55. The van der Waals surface area contributed by atoms with Crippen molar-refractivity contribution in [3.63, 3.8) is 0 Å². The highest BCUT2D eigenvalue weighted by Crippen LogP contribution is 2.25. The number of aryl methyl sites for hydroxylation is 1. The molecule has 1 amide bonds. The maximum absolute atomic E-state index is 12.8. The molecule has 7 heteroatoms. The van der Waals surface area contributed by atoms with E-state index in [2.05, 4.69) is 10.3 Å². The van der Waals surface area contributed by atoms with Crippen molar-refractivity contribution in [2.24, 2.45) is 11.8 Å². The van der Waals surface area contributed by atoms with Crippen LogP contribution in [0.1, 0.15) is 35.1 Å². The number of carboxylic acid groups (broad SMARTS) is 1. The van der Waals surface area contributed by atoms with Crippen LogP contribution < -0.4 is 0 Å². The van der Waals surface area contributed by atoms with E-state index in [1.807, 2.05) is 45.0 Å². The van der Waals surface area contributed by atoms with Crippen LogP contribution in [0.15, 0.2) is 24.3 Å². The molecule has 1 aromatic carbocycles. The first-order valence-electron chi connectivity index (χ1n) is 8.40. The summed E-state index contributed by atoms with van der Waals surface area (Å²) in [5.74, 6) is -1.45. The molecule has 2 aromatic rings. The molecule has 1 aliphatic heterocycles. The van der Waals surface area contributed by atoms with Crippen LogP contribution in [-0.4, -0.2) is 50.0 Å². The summed E-state index contributed by atoms with van der Waals surface area (Å²) >= 11 is 0. The molecule has 1 saturated heterocycles. The molecule has 0 aliphatic carbocycles. The van der Waals surface area contributed by atoms with E-state index in [0.717, 1.165) is 11.3 Å². The van der Waals surface area contributed by atoms with E-state index in [0.29, 0.717) is 30.9 Å². The van der Waals surface area contributed by atoms with Gasteiger partial charge in [0.15, 0.2) is 5.69 Å². The molecule has 0 bridgehead atoms. The van der Waals surface area contributed by atoms with E-state index < -0.39 is 11.9 Å². The molecule has 3 rings (SSSR count).